The Balaban J connectivity index is 2.40. The van der Waals surface area contributed by atoms with Gasteiger partial charge in [-0.25, -0.2) is 0 Å². The van der Waals surface area contributed by atoms with Gasteiger partial charge in [-0.15, -0.1) is 0 Å². The molecule has 0 unspecified atom stereocenters. The molecule has 0 aromatic carbocycles. The van der Waals surface area contributed by atoms with Crippen LogP contribution in [0, 0.1) is 5.92 Å². The normalized spacial score (nSPS) is 36.0. The lowest BCUT2D eigenvalue weighted by Crippen LogP contribution is -2.35. The van der Waals surface area contributed by atoms with Gasteiger partial charge in [0.1, 0.15) is 0 Å². The van der Waals surface area contributed by atoms with Crippen molar-refractivity contribution in [3.05, 3.63) is 0 Å². The summed E-state index contributed by atoms with van der Waals surface area (Å²) >= 11 is 0. The summed E-state index contributed by atoms with van der Waals surface area (Å²) < 4.78 is 0. The zero-order chi connectivity index (χ0) is 6.85. The molecule has 0 radical (unpaired) electrons. The van der Waals surface area contributed by atoms with Crippen LogP contribution in [0.1, 0.15) is 20.3 Å². The molecule has 0 amide bonds. The molecule has 2 atom stereocenters. The van der Waals surface area contributed by atoms with Crippen LogP contribution in [0.15, 0.2) is 0 Å². The van der Waals surface area contributed by atoms with Gasteiger partial charge in [0.25, 0.3) is 0 Å². The molecule has 1 aliphatic heterocycles. The fourth-order valence-corrected chi connectivity index (χ4v) is 1.39. The molecule has 54 valence electrons. The summed E-state index contributed by atoms with van der Waals surface area (Å²) in [5.41, 5.74) is 0. The highest BCUT2D eigenvalue weighted by Crippen LogP contribution is 2.13. The number of hydrogen-bond acceptors (Lipinski definition) is 2. The number of nitrogens with one attached hydrogen (secondary N) is 1. The Morgan fingerprint density at radius 1 is 1.56 bits per heavy atom. The Kier molecular flexibility index (Phi) is 2.09. The average molecular weight is 129 g/mol. The van der Waals surface area contributed by atoms with E-state index >= 15 is 0 Å². The van der Waals surface area contributed by atoms with E-state index in [-0.39, 0.29) is 6.10 Å². The topological polar surface area (TPSA) is 32.3 Å². The van der Waals surface area contributed by atoms with Crippen LogP contribution in [-0.4, -0.2) is 23.8 Å². The maximum Gasteiger partial charge on any atom is 0.0707 e. The largest absolute Gasteiger partial charge is 0.391 e. The van der Waals surface area contributed by atoms with Crippen molar-refractivity contribution in [1.82, 2.24) is 5.32 Å². The van der Waals surface area contributed by atoms with Crippen LogP contribution in [0.4, 0.5) is 0 Å². The molecule has 0 aromatic rings. The highest BCUT2D eigenvalue weighted by molar-refractivity contribution is 4.84. The minimum Gasteiger partial charge on any atom is -0.391 e. The van der Waals surface area contributed by atoms with Crippen molar-refractivity contribution in [1.29, 1.82) is 0 Å². The number of aliphatic hydroxyl groups excluding tert-OH is 1. The summed E-state index contributed by atoms with van der Waals surface area (Å²) in [5, 5.41) is 12.6. The van der Waals surface area contributed by atoms with Crippen LogP contribution >= 0.6 is 0 Å². The van der Waals surface area contributed by atoms with Crippen molar-refractivity contribution >= 4 is 0 Å². The van der Waals surface area contributed by atoms with E-state index in [1.54, 1.807) is 0 Å². The molecule has 1 fully saturated rings. The first-order valence-electron chi connectivity index (χ1n) is 3.63. The molecule has 0 spiro atoms. The fraction of sp³-hybridized carbons (Fsp3) is 1.00. The van der Waals surface area contributed by atoms with Gasteiger partial charge in [0.05, 0.1) is 6.10 Å². The van der Waals surface area contributed by atoms with E-state index in [1.807, 2.05) is 0 Å². The van der Waals surface area contributed by atoms with Crippen LogP contribution in [0.2, 0.25) is 0 Å². The van der Waals surface area contributed by atoms with Gasteiger partial charge < -0.3 is 10.4 Å². The van der Waals surface area contributed by atoms with E-state index in [2.05, 4.69) is 19.2 Å². The molecule has 1 rings (SSSR count). The standard InChI is InChI=1S/C7H15NO/c1-5(2)7-6(9)3-4-8-7/h5-9H,3-4H2,1-2H3/t6-,7+/m1/s1. The van der Waals surface area contributed by atoms with E-state index in [0.717, 1.165) is 13.0 Å². The maximum absolute atomic E-state index is 9.30. The second-order valence-corrected chi connectivity index (χ2v) is 3.08. The van der Waals surface area contributed by atoms with Gasteiger partial charge in [-0.1, -0.05) is 13.8 Å². The molecule has 0 saturated carbocycles. The van der Waals surface area contributed by atoms with Gasteiger partial charge in [-0.05, 0) is 18.9 Å². The summed E-state index contributed by atoms with van der Waals surface area (Å²) in [7, 11) is 0. The molecule has 1 saturated heterocycles. The van der Waals surface area contributed by atoms with Gasteiger partial charge in [0.15, 0.2) is 0 Å². The van der Waals surface area contributed by atoms with Crippen molar-refractivity contribution in [3.8, 4) is 0 Å². The van der Waals surface area contributed by atoms with Crippen molar-refractivity contribution in [2.24, 2.45) is 5.92 Å². The number of hydrogen-bond donors (Lipinski definition) is 2. The van der Waals surface area contributed by atoms with Gasteiger partial charge in [0, 0.05) is 6.04 Å². The van der Waals surface area contributed by atoms with E-state index in [4.69, 9.17) is 0 Å². The third-order valence-corrected chi connectivity index (χ3v) is 1.95. The molecule has 1 aliphatic rings. The Labute approximate surface area is 56.3 Å². The predicted octanol–water partition coefficient (Wildman–Crippen LogP) is 0.365. The van der Waals surface area contributed by atoms with Crippen molar-refractivity contribution < 1.29 is 5.11 Å². The third kappa shape index (κ3) is 1.43. The molecule has 2 heteroatoms. The van der Waals surface area contributed by atoms with Crippen LogP contribution in [-0.2, 0) is 0 Å². The second kappa shape index (κ2) is 2.67. The van der Waals surface area contributed by atoms with Crippen LogP contribution in [0.3, 0.4) is 0 Å². The third-order valence-electron chi connectivity index (χ3n) is 1.95. The summed E-state index contributed by atoms with van der Waals surface area (Å²) in [4.78, 5) is 0. The molecular formula is C7H15NO. The van der Waals surface area contributed by atoms with Gasteiger partial charge in [-0.3, -0.25) is 0 Å². The first kappa shape index (κ1) is 7.03. The molecule has 0 aromatic heterocycles. The summed E-state index contributed by atoms with van der Waals surface area (Å²) in [6.07, 6.45) is 0.813. The van der Waals surface area contributed by atoms with Crippen LogP contribution in [0.25, 0.3) is 0 Å². The van der Waals surface area contributed by atoms with Crippen LogP contribution < -0.4 is 5.32 Å². The van der Waals surface area contributed by atoms with E-state index in [9.17, 15) is 5.11 Å². The minimum absolute atomic E-state index is 0.106. The monoisotopic (exact) mass is 129 g/mol. The van der Waals surface area contributed by atoms with Crippen LogP contribution in [0.5, 0.6) is 0 Å². The molecule has 0 aliphatic carbocycles. The lowest BCUT2D eigenvalue weighted by atomic mass is 10.0. The molecule has 2 N–H and O–H groups in total. The van der Waals surface area contributed by atoms with Crippen molar-refractivity contribution in [2.75, 3.05) is 6.54 Å². The van der Waals surface area contributed by atoms with Crippen molar-refractivity contribution in [2.45, 2.75) is 32.4 Å². The lowest BCUT2D eigenvalue weighted by Gasteiger charge is -2.17. The number of rotatable bonds is 1. The Hall–Kier alpha value is -0.0800. The van der Waals surface area contributed by atoms with Gasteiger partial charge in [0.2, 0.25) is 0 Å². The lowest BCUT2D eigenvalue weighted by molar-refractivity contribution is 0.139. The highest BCUT2D eigenvalue weighted by Gasteiger charge is 2.26. The Bertz CT molecular complexity index is 92.9. The fourth-order valence-electron chi connectivity index (χ4n) is 1.39. The smallest absolute Gasteiger partial charge is 0.0707 e. The number of aliphatic hydroxyl groups is 1. The quantitative estimate of drug-likeness (QED) is 0.536. The molecule has 9 heavy (non-hydrogen) atoms. The Morgan fingerprint density at radius 2 is 2.22 bits per heavy atom. The van der Waals surface area contributed by atoms with E-state index in [1.165, 1.54) is 0 Å². The van der Waals surface area contributed by atoms with E-state index in [0.29, 0.717) is 12.0 Å². The summed E-state index contributed by atoms with van der Waals surface area (Å²) in [6, 6.07) is 0.338. The molecule has 2 nitrogen and oxygen atoms in total. The van der Waals surface area contributed by atoms with E-state index < -0.39 is 0 Å². The predicted molar refractivity (Wildman–Crippen MR) is 37.3 cm³/mol. The second-order valence-electron chi connectivity index (χ2n) is 3.08. The SMILES string of the molecule is CC(C)[C@@H]1NCC[C@H]1O. The molecular weight excluding hydrogens is 114 g/mol. The minimum atomic E-state index is -0.106. The summed E-state index contributed by atoms with van der Waals surface area (Å²) in [5.74, 6) is 0.558. The molecule has 1 heterocycles. The first-order chi connectivity index (χ1) is 4.22. The first-order valence-corrected chi connectivity index (χ1v) is 3.63. The average Bonchev–Trinajstić information content (AvgIpc) is 2.13. The van der Waals surface area contributed by atoms with Gasteiger partial charge >= 0.3 is 0 Å². The zero-order valence-corrected chi connectivity index (χ0v) is 6.09. The maximum atomic E-state index is 9.30. The van der Waals surface area contributed by atoms with Gasteiger partial charge in [-0.2, -0.15) is 0 Å². The molecule has 0 bridgehead atoms. The van der Waals surface area contributed by atoms with Crippen molar-refractivity contribution in [3.63, 3.8) is 0 Å². The summed E-state index contributed by atoms with van der Waals surface area (Å²) in [6.45, 7) is 5.24. The zero-order valence-electron chi connectivity index (χ0n) is 6.09. The Morgan fingerprint density at radius 3 is 2.44 bits per heavy atom. The highest BCUT2D eigenvalue weighted by atomic mass is 16.3.